The summed E-state index contributed by atoms with van der Waals surface area (Å²) in [6.45, 7) is 2.84. The predicted octanol–water partition coefficient (Wildman–Crippen LogP) is 1.47. The molecule has 0 atom stereocenters. The molecule has 8 nitrogen and oxygen atoms in total. The number of rotatable bonds is 6. The van der Waals surface area contributed by atoms with Crippen LogP contribution in [0.4, 0.5) is 0 Å². The quantitative estimate of drug-likeness (QED) is 0.458. The zero-order chi connectivity index (χ0) is 19.4. The molecule has 2 aromatic rings. The van der Waals surface area contributed by atoms with Crippen LogP contribution in [0.15, 0.2) is 22.1 Å². The Balaban J connectivity index is 1.49. The molecule has 0 aliphatic carbocycles. The second-order valence-electron chi connectivity index (χ2n) is 6.97. The summed E-state index contributed by atoms with van der Waals surface area (Å²) in [5.74, 6) is 1.74. The lowest BCUT2D eigenvalue weighted by molar-refractivity contribution is 0.456. The summed E-state index contributed by atoms with van der Waals surface area (Å²) in [5.41, 5.74) is 1.13. The number of guanidine groups is 1. The third-order valence-electron chi connectivity index (χ3n) is 4.91. The fourth-order valence-electron chi connectivity index (χ4n) is 3.45. The number of aliphatic imine (C=N–C) groups is 1. The molecule has 0 saturated heterocycles. The lowest BCUT2D eigenvalue weighted by atomic mass is 10.2. The van der Waals surface area contributed by atoms with E-state index >= 15 is 0 Å². The first-order chi connectivity index (χ1) is 13.0. The molecule has 1 aliphatic heterocycles. The first-order valence-corrected chi connectivity index (χ1v) is 9.76. The first-order valence-electron chi connectivity index (χ1n) is 9.38. The van der Waals surface area contributed by atoms with Gasteiger partial charge in [-0.1, -0.05) is 11.6 Å². The highest BCUT2D eigenvalue weighted by atomic mass is 35.5. The van der Waals surface area contributed by atoms with Gasteiger partial charge in [0.2, 0.25) is 0 Å². The third-order valence-corrected chi connectivity index (χ3v) is 5.12. The second kappa shape index (κ2) is 8.65. The van der Waals surface area contributed by atoms with Crippen LogP contribution in [0.5, 0.6) is 0 Å². The van der Waals surface area contributed by atoms with Gasteiger partial charge in [0.15, 0.2) is 5.96 Å². The summed E-state index contributed by atoms with van der Waals surface area (Å²) >= 11 is 6.05. The van der Waals surface area contributed by atoms with Crippen LogP contribution in [0.25, 0.3) is 0 Å². The van der Waals surface area contributed by atoms with Gasteiger partial charge in [0, 0.05) is 59.1 Å². The van der Waals surface area contributed by atoms with E-state index in [0.29, 0.717) is 13.1 Å². The molecule has 2 aromatic heterocycles. The lowest BCUT2D eigenvalue weighted by Gasteiger charge is -2.22. The van der Waals surface area contributed by atoms with Crippen molar-refractivity contribution in [2.24, 2.45) is 12.0 Å². The molecule has 0 amide bonds. The monoisotopic (exact) mass is 393 g/mol. The van der Waals surface area contributed by atoms with Crippen LogP contribution in [-0.4, -0.2) is 50.4 Å². The van der Waals surface area contributed by atoms with Gasteiger partial charge in [0.1, 0.15) is 5.82 Å². The van der Waals surface area contributed by atoms with Crippen molar-refractivity contribution in [2.75, 3.05) is 20.6 Å². The minimum Gasteiger partial charge on any atom is -0.356 e. The lowest BCUT2D eigenvalue weighted by Crippen LogP contribution is -2.39. The number of aryl methyl sites for hydroxylation is 3. The molecule has 3 heterocycles. The largest absolute Gasteiger partial charge is 0.356 e. The van der Waals surface area contributed by atoms with Gasteiger partial charge in [-0.05, 0) is 25.3 Å². The number of halogens is 1. The number of aromatic nitrogens is 4. The van der Waals surface area contributed by atoms with Crippen molar-refractivity contribution in [3.8, 4) is 0 Å². The predicted molar refractivity (Wildman–Crippen MR) is 107 cm³/mol. The average Bonchev–Trinajstić information content (AvgIpc) is 3.14. The maximum atomic E-state index is 12.3. The van der Waals surface area contributed by atoms with E-state index in [4.69, 9.17) is 11.6 Å². The molecule has 0 unspecified atom stereocenters. The molecule has 0 aromatic carbocycles. The van der Waals surface area contributed by atoms with Crippen molar-refractivity contribution in [1.82, 2.24) is 29.1 Å². The van der Waals surface area contributed by atoms with Gasteiger partial charge in [-0.3, -0.25) is 9.56 Å². The van der Waals surface area contributed by atoms with Crippen LogP contribution in [0.3, 0.4) is 0 Å². The maximum absolute atomic E-state index is 12.3. The van der Waals surface area contributed by atoms with Crippen LogP contribution in [0.1, 0.15) is 30.8 Å². The topological polar surface area (TPSA) is 72.4 Å². The van der Waals surface area contributed by atoms with Gasteiger partial charge in [-0.15, -0.1) is 0 Å². The smallest absolute Gasteiger partial charge is 0.345 e. The minimum absolute atomic E-state index is 0.0202. The van der Waals surface area contributed by atoms with E-state index in [1.54, 1.807) is 11.7 Å². The van der Waals surface area contributed by atoms with Crippen LogP contribution in [0.2, 0.25) is 5.02 Å². The zero-order valence-corrected chi connectivity index (χ0v) is 17.0. The molecule has 1 N–H and O–H groups in total. The van der Waals surface area contributed by atoms with Crippen LogP contribution in [-0.2, 0) is 33.1 Å². The first kappa shape index (κ1) is 19.5. The Morgan fingerprint density at radius 3 is 2.93 bits per heavy atom. The summed E-state index contributed by atoms with van der Waals surface area (Å²) in [4.78, 5) is 18.7. The van der Waals surface area contributed by atoms with Crippen LogP contribution >= 0.6 is 11.6 Å². The summed E-state index contributed by atoms with van der Waals surface area (Å²) in [6.07, 6.45) is 5.78. The Morgan fingerprint density at radius 2 is 2.26 bits per heavy atom. The molecule has 1 aliphatic rings. The molecular weight excluding hydrogens is 366 g/mol. The van der Waals surface area contributed by atoms with E-state index in [2.05, 4.69) is 15.4 Å². The number of hydrogen-bond donors (Lipinski definition) is 1. The normalized spacial score (nSPS) is 14.3. The summed E-state index contributed by atoms with van der Waals surface area (Å²) in [5, 5.41) is 8.56. The molecule has 3 rings (SSSR count). The standard InChI is InChI=1S/C18H28ClN7O/c1-20-17(24(3)13-15-11-14(19)12-23(15)2)21-8-6-10-26-18(27)25-9-5-4-7-16(25)22-26/h11-12H,4-10,13H2,1-3H3,(H,20,21). The zero-order valence-electron chi connectivity index (χ0n) is 16.3. The number of fused-ring (bicyclic) bond motifs is 1. The fraction of sp³-hybridized carbons (Fsp3) is 0.611. The molecule has 0 spiro atoms. The van der Waals surface area contributed by atoms with E-state index in [1.807, 2.05) is 40.4 Å². The van der Waals surface area contributed by atoms with Crippen molar-refractivity contribution >= 4 is 17.6 Å². The van der Waals surface area contributed by atoms with Gasteiger partial charge >= 0.3 is 5.69 Å². The van der Waals surface area contributed by atoms with E-state index in [1.165, 1.54) is 0 Å². The molecule has 9 heteroatoms. The molecule has 27 heavy (non-hydrogen) atoms. The van der Waals surface area contributed by atoms with E-state index in [9.17, 15) is 4.79 Å². The number of nitrogens with zero attached hydrogens (tertiary/aromatic N) is 6. The van der Waals surface area contributed by atoms with Crippen molar-refractivity contribution in [2.45, 2.75) is 45.3 Å². The van der Waals surface area contributed by atoms with E-state index in [0.717, 1.165) is 61.3 Å². The van der Waals surface area contributed by atoms with Gasteiger partial charge < -0.3 is 14.8 Å². The van der Waals surface area contributed by atoms with E-state index in [-0.39, 0.29) is 5.69 Å². The van der Waals surface area contributed by atoms with Gasteiger partial charge in [-0.25, -0.2) is 9.48 Å². The van der Waals surface area contributed by atoms with Crippen molar-refractivity contribution < 1.29 is 0 Å². The Hall–Kier alpha value is -2.22. The number of nitrogens with one attached hydrogen (secondary N) is 1. The molecule has 0 fully saturated rings. The molecule has 0 bridgehead atoms. The Kier molecular flexibility index (Phi) is 6.26. The minimum atomic E-state index is 0.0202. The second-order valence-corrected chi connectivity index (χ2v) is 7.41. The summed E-state index contributed by atoms with van der Waals surface area (Å²) < 4.78 is 5.43. The van der Waals surface area contributed by atoms with Gasteiger partial charge in [-0.2, -0.15) is 5.10 Å². The van der Waals surface area contributed by atoms with Crippen LogP contribution in [0, 0.1) is 0 Å². The van der Waals surface area contributed by atoms with Crippen molar-refractivity contribution in [3.63, 3.8) is 0 Å². The number of hydrogen-bond acceptors (Lipinski definition) is 3. The summed E-state index contributed by atoms with van der Waals surface area (Å²) in [6, 6.07) is 1.96. The van der Waals surface area contributed by atoms with E-state index < -0.39 is 0 Å². The Morgan fingerprint density at radius 1 is 1.44 bits per heavy atom. The maximum Gasteiger partial charge on any atom is 0.345 e. The molecule has 148 valence electrons. The average molecular weight is 394 g/mol. The van der Waals surface area contributed by atoms with Gasteiger partial charge in [0.25, 0.3) is 0 Å². The summed E-state index contributed by atoms with van der Waals surface area (Å²) in [7, 11) is 5.74. The van der Waals surface area contributed by atoms with Crippen molar-refractivity contribution in [3.05, 3.63) is 39.3 Å². The Bertz CT molecular complexity index is 864. The van der Waals surface area contributed by atoms with Crippen molar-refractivity contribution in [1.29, 1.82) is 0 Å². The Labute approximate surface area is 164 Å². The van der Waals surface area contributed by atoms with Crippen LogP contribution < -0.4 is 11.0 Å². The molecular formula is C18H28ClN7O. The third kappa shape index (κ3) is 4.55. The highest BCUT2D eigenvalue weighted by Gasteiger charge is 2.16. The fourth-order valence-corrected chi connectivity index (χ4v) is 3.72. The molecule has 0 saturated carbocycles. The molecule has 0 radical (unpaired) electrons. The highest BCUT2D eigenvalue weighted by Crippen LogP contribution is 2.14. The SMILES string of the molecule is CN=C(NCCCn1nc2n(c1=O)CCCC2)N(C)Cc1cc(Cl)cn1C. The van der Waals surface area contributed by atoms with Gasteiger partial charge in [0.05, 0.1) is 11.6 Å². The highest BCUT2D eigenvalue weighted by molar-refractivity contribution is 6.30.